The maximum absolute atomic E-state index is 5.74. The number of hydrogen-bond donors (Lipinski definition) is 0. The van der Waals surface area contributed by atoms with Crippen molar-refractivity contribution in [2.75, 3.05) is 0 Å². The van der Waals surface area contributed by atoms with E-state index in [4.69, 9.17) is 4.74 Å². The second kappa shape index (κ2) is 6.02. The zero-order chi connectivity index (χ0) is 10.4. The third-order valence-electron chi connectivity index (χ3n) is 2.05. The zero-order valence-corrected chi connectivity index (χ0v) is 10.3. The molecule has 2 nitrogen and oxygen atoms in total. The maximum atomic E-state index is 5.74. The largest absolute Gasteiger partial charge is 0.474 e. The number of hydrogen-bond acceptors (Lipinski definition) is 2. The van der Waals surface area contributed by atoms with E-state index in [2.05, 4.69) is 34.8 Å². The Bertz CT molecular complexity index is 278. The Morgan fingerprint density at radius 1 is 1.50 bits per heavy atom. The number of halogens is 1. The highest BCUT2D eigenvalue weighted by Crippen LogP contribution is 2.17. The molecule has 1 heterocycles. The minimum atomic E-state index is 0.293. The highest BCUT2D eigenvalue weighted by Gasteiger charge is 2.07. The highest BCUT2D eigenvalue weighted by atomic mass is 79.9. The predicted octanol–water partition coefficient (Wildman–Crippen LogP) is 3.80. The quantitative estimate of drug-likeness (QED) is 0.801. The monoisotopic (exact) mass is 257 g/mol. The van der Waals surface area contributed by atoms with Crippen molar-refractivity contribution in [1.29, 1.82) is 0 Å². The van der Waals surface area contributed by atoms with E-state index < -0.39 is 0 Å². The van der Waals surface area contributed by atoms with Gasteiger partial charge in [0.15, 0.2) is 0 Å². The van der Waals surface area contributed by atoms with Crippen molar-refractivity contribution in [3.8, 4) is 5.88 Å². The smallest absolute Gasteiger partial charge is 0.214 e. The summed E-state index contributed by atoms with van der Waals surface area (Å²) in [5.41, 5.74) is 0. The van der Waals surface area contributed by atoms with E-state index in [1.807, 2.05) is 12.1 Å². The van der Waals surface area contributed by atoms with E-state index >= 15 is 0 Å². The summed E-state index contributed by atoms with van der Waals surface area (Å²) in [7, 11) is 0. The Morgan fingerprint density at radius 2 is 2.29 bits per heavy atom. The van der Waals surface area contributed by atoms with E-state index in [1.165, 1.54) is 0 Å². The fourth-order valence-corrected chi connectivity index (χ4v) is 1.60. The van der Waals surface area contributed by atoms with Crippen LogP contribution in [0.2, 0.25) is 0 Å². The number of rotatable bonds is 5. The summed E-state index contributed by atoms with van der Waals surface area (Å²) in [6, 6.07) is 3.80. The summed E-state index contributed by atoms with van der Waals surface area (Å²) in [4.78, 5) is 4.16. The second-order valence-corrected chi connectivity index (χ2v) is 4.16. The van der Waals surface area contributed by atoms with Crippen LogP contribution in [0.15, 0.2) is 22.8 Å². The first-order chi connectivity index (χ1) is 6.76. The van der Waals surface area contributed by atoms with E-state index in [0.717, 1.165) is 23.7 Å². The first-order valence-corrected chi connectivity index (χ1v) is 5.83. The third kappa shape index (κ3) is 3.66. The topological polar surface area (TPSA) is 22.1 Å². The molecule has 3 heteroatoms. The molecule has 0 aliphatic rings. The van der Waals surface area contributed by atoms with Crippen molar-refractivity contribution in [2.45, 2.75) is 39.2 Å². The summed E-state index contributed by atoms with van der Waals surface area (Å²) in [6.07, 6.45) is 5.30. The van der Waals surface area contributed by atoms with Gasteiger partial charge in [0.05, 0.1) is 0 Å². The molecule has 1 unspecified atom stereocenters. The van der Waals surface area contributed by atoms with Gasteiger partial charge in [-0.1, -0.05) is 36.2 Å². The standard InChI is InChI=1S/C11H16BrNO/c1-3-5-10(4-2)14-11-8-9(12)6-7-13-11/h6-8,10H,3-5H2,1-2H3. The lowest BCUT2D eigenvalue weighted by molar-refractivity contribution is 0.178. The first-order valence-electron chi connectivity index (χ1n) is 5.04. The van der Waals surface area contributed by atoms with Crippen molar-refractivity contribution >= 4 is 15.9 Å². The van der Waals surface area contributed by atoms with Gasteiger partial charge >= 0.3 is 0 Å². The lowest BCUT2D eigenvalue weighted by Gasteiger charge is -2.15. The average Bonchev–Trinajstić information content (AvgIpc) is 2.17. The van der Waals surface area contributed by atoms with Gasteiger partial charge in [-0.25, -0.2) is 4.98 Å². The van der Waals surface area contributed by atoms with Crippen LogP contribution < -0.4 is 4.74 Å². The molecule has 0 bridgehead atoms. The summed E-state index contributed by atoms with van der Waals surface area (Å²) < 4.78 is 6.75. The summed E-state index contributed by atoms with van der Waals surface area (Å²) in [6.45, 7) is 4.30. The van der Waals surface area contributed by atoms with Gasteiger partial charge in [0.1, 0.15) is 6.10 Å². The van der Waals surface area contributed by atoms with Crippen LogP contribution in [0, 0.1) is 0 Å². The highest BCUT2D eigenvalue weighted by molar-refractivity contribution is 9.10. The number of nitrogens with zero attached hydrogens (tertiary/aromatic N) is 1. The molecule has 0 radical (unpaired) electrons. The summed E-state index contributed by atoms with van der Waals surface area (Å²) >= 11 is 3.39. The molecule has 0 amide bonds. The lowest BCUT2D eigenvalue weighted by atomic mass is 10.2. The molecule has 0 fully saturated rings. The van der Waals surface area contributed by atoms with Crippen LogP contribution >= 0.6 is 15.9 Å². The van der Waals surface area contributed by atoms with Crippen molar-refractivity contribution < 1.29 is 4.74 Å². The molecule has 1 aromatic heterocycles. The molecule has 0 aliphatic heterocycles. The fraction of sp³-hybridized carbons (Fsp3) is 0.545. The number of ether oxygens (including phenoxy) is 1. The van der Waals surface area contributed by atoms with E-state index in [0.29, 0.717) is 12.0 Å². The Labute approximate surface area is 93.8 Å². The molecule has 0 N–H and O–H groups in total. The van der Waals surface area contributed by atoms with Crippen LogP contribution in [-0.2, 0) is 0 Å². The molecular formula is C11H16BrNO. The number of pyridine rings is 1. The second-order valence-electron chi connectivity index (χ2n) is 3.25. The molecule has 1 rings (SSSR count). The van der Waals surface area contributed by atoms with Crippen LogP contribution in [0.1, 0.15) is 33.1 Å². The van der Waals surface area contributed by atoms with Gasteiger partial charge in [-0.3, -0.25) is 0 Å². The predicted molar refractivity (Wildman–Crippen MR) is 61.6 cm³/mol. The molecule has 0 saturated carbocycles. The molecule has 0 aromatic carbocycles. The minimum absolute atomic E-state index is 0.293. The van der Waals surface area contributed by atoms with Crippen molar-refractivity contribution in [3.63, 3.8) is 0 Å². The molecule has 78 valence electrons. The molecule has 1 atom stereocenters. The van der Waals surface area contributed by atoms with Crippen LogP contribution in [0.3, 0.4) is 0 Å². The van der Waals surface area contributed by atoms with E-state index in [-0.39, 0.29) is 0 Å². The van der Waals surface area contributed by atoms with Gasteiger partial charge in [-0.05, 0) is 18.9 Å². The van der Waals surface area contributed by atoms with Crippen LogP contribution in [-0.4, -0.2) is 11.1 Å². The fourth-order valence-electron chi connectivity index (χ4n) is 1.29. The Kier molecular flexibility index (Phi) is 4.94. The molecule has 14 heavy (non-hydrogen) atoms. The Morgan fingerprint density at radius 3 is 2.86 bits per heavy atom. The Hall–Kier alpha value is -0.570. The summed E-state index contributed by atoms with van der Waals surface area (Å²) in [5.74, 6) is 0.708. The lowest BCUT2D eigenvalue weighted by Crippen LogP contribution is -2.15. The molecule has 0 saturated heterocycles. The van der Waals surface area contributed by atoms with Crippen molar-refractivity contribution in [2.24, 2.45) is 0 Å². The normalized spacial score (nSPS) is 12.5. The maximum Gasteiger partial charge on any atom is 0.214 e. The Balaban J connectivity index is 2.57. The van der Waals surface area contributed by atoms with Crippen LogP contribution in [0.25, 0.3) is 0 Å². The number of aromatic nitrogens is 1. The zero-order valence-electron chi connectivity index (χ0n) is 8.66. The van der Waals surface area contributed by atoms with Gasteiger partial charge in [-0.2, -0.15) is 0 Å². The van der Waals surface area contributed by atoms with Gasteiger partial charge < -0.3 is 4.74 Å². The summed E-state index contributed by atoms with van der Waals surface area (Å²) in [5, 5.41) is 0. The van der Waals surface area contributed by atoms with Crippen LogP contribution in [0.4, 0.5) is 0 Å². The van der Waals surface area contributed by atoms with Gasteiger partial charge in [0.2, 0.25) is 5.88 Å². The van der Waals surface area contributed by atoms with Gasteiger partial charge in [0.25, 0.3) is 0 Å². The molecular weight excluding hydrogens is 242 g/mol. The van der Waals surface area contributed by atoms with Crippen LogP contribution in [0.5, 0.6) is 5.88 Å². The first kappa shape index (κ1) is 11.5. The van der Waals surface area contributed by atoms with Crippen molar-refractivity contribution in [3.05, 3.63) is 22.8 Å². The average molecular weight is 258 g/mol. The van der Waals surface area contributed by atoms with Gasteiger partial charge in [-0.15, -0.1) is 0 Å². The molecule has 0 aliphatic carbocycles. The van der Waals surface area contributed by atoms with Crippen molar-refractivity contribution in [1.82, 2.24) is 4.98 Å². The van der Waals surface area contributed by atoms with Gasteiger partial charge in [0, 0.05) is 16.7 Å². The van der Waals surface area contributed by atoms with E-state index in [1.54, 1.807) is 6.20 Å². The molecule has 0 spiro atoms. The third-order valence-corrected chi connectivity index (χ3v) is 2.54. The van der Waals surface area contributed by atoms with E-state index in [9.17, 15) is 0 Å². The molecule has 1 aromatic rings. The SMILES string of the molecule is CCCC(CC)Oc1cc(Br)ccn1. The minimum Gasteiger partial charge on any atom is -0.474 e.